The van der Waals surface area contributed by atoms with Crippen molar-refractivity contribution < 1.29 is 5.11 Å². The molecule has 0 unspecified atom stereocenters. The lowest BCUT2D eigenvalue weighted by molar-refractivity contribution is 0.238. The molecule has 0 spiro atoms. The van der Waals surface area contributed by atoms with E-state index in [1.165, 1.54) is 5.01 Å². The maximum Gasteiger partial charge on any atom is 0.0954 e. The van der Waals surface area contributed by atoms with E-state index in [2.05, 4.69) is 36.5 Å². The van der Waals surface area contributed by atoms with Crippen LogP contribution in [0.15, 0.2) is 5.38 Å². The van der Waals surface area contributed by atoms with E-state index in [1.54, 1.807) is 11.3 Å². The number of aromatic nitrogens is 1. The van der Waals surface area contributed by atoms with E-state index in [9.17, 15) is 0 Å². The molecule has 1 heterocycles. The molecule has 1 rings (SSSR count). The van der Waals surface area contributed by atoms with Gasteiger partial charge in [0.25, 0.3) is 0 Å². The summed E-state index contributed by atoms with van der Waals surface area (Å²) in [4.78, 5) is 4.52. The molecule has 0 saturated carbocycles. The monoisotopic (exact) mass is 228 g/mol. The molecule has 0 bridgehead atoms. The van der Waals surface area contributed by atoms with Gasteiger partial charge in [0.2, 0.25) is 0 Å². The lowest BCUT2D eigenvalue weighted by atomic mass is 10.2. The predicted molar refractivity (Wildman–Crippen MR) is 64.2 cm³/mol. The molecule has 0 radical (unpaired) electrons. The Morgan fingerprint density at radius 3 is 2.73 bits per heavy atom. The molecule has 0 fully saturated rings. The second kappa shape index (κ2) is 6.20. The molecular weight excluding hydrogens is 208 g/mol. The Hall–Kier alpha value is -0.450. The Bertz CT molecular complexity index is 282. The van der Waals surface area contributed by atoms with Gasteiger partial charge in [0.15, 0.2) is 0 Å². The summed E-state index contributed by atoms with van der Waals surface area (Å²) >= 11 is 1.71. The number of aliphatic hydroxyl groups is 1. The van der Waals surface area contributed by atoms with Gasteiger partial charge in [-0.3, -0.25) is 0 Å². The fourth-order valence-electron chi connectivity index (χ4n) is 1.26. The Morgan fingerprint density at radius 2 is 2.27 bits per heavy atom. The van der Waals surface area contributed by atoms with E-state index >= 15 is 0 Å². The molecule has 0 aliphatic carbocycles. The zero-order valence-electron chi connectivity index (χ0n) is 9.66. The van der Waals surface area contributed by atoms with Crippen LogP contribution in [0.25, 0.3) is 0 Å². The van der Waals surface area contributed by atoms with Crippen LogP contribution < -0.4 is 5.32 Å². The van der Waals surface area contributed by atoms with E-state index in [4.69, 9.17) is 5.11 Å². The van der Waals surface area contributed by atoms with Crippen LogP contribution >= 0.6 is 11.3 Å². The number of aliphatic hydroxyl groups excluding tert-OH is 1. The van der Waals surface area contributed by atoms with Gasteiger partial charge in [0, 0.05) is 23.9 Å². The lowest BCUT2D eigenvalue weighted by Gasteiger charge is -2.12. The summed E-state index contributed by atoms with van der Waals surface area (Å²) in [6.07, 6.45) is 0.942. The third-order valence-corrected chi connectivity index (χ3v) is 3.54. The van der Waals surface area contributed by atoms with Crippen LogP contribution in [0.3, 0.4) is 0 Å². The Labute approximate surface area is 95.6 Å². The van der Waals surface area contributed by atoms with Crippen molar-refractivity contribution in [1.82, 2.24) is 10.3 Å². The third-order valence-electron chi connectivity index (χ3n) is 2.35. The van der Waals surface area contributed by atoms with Crippen LogP contribution in [0.4, 0.5) is 0 Å². The standard InChI is InChI=1S/C11H20N2OS/c1-4-9(6-14)12-5-10-7-15-11(13-10)8(2)3/h7-9,12,14H,4-6H2,1-3H3/t9-/m1/s1. The highest BCUT2D eigenvalue weighted by Crippen LogP contribution is 2.18. The van der Waals surface area contributed by atoms with Crippen LogP contribution in [-0.4, -0.2) is 22.7 Å². The first kappa shape index (κ1) is 12.6. The van der Waals surface area contributed by atoms with Gasteiger partial charge < -0.3 is 10.4 Å². The number of nitrogens with one attached hydrogen (secondary N) is 1. The molecule has 86 valence electrons. The molecule has 3 nitrogen and oxygen atoms in total. The molecule has 0 amide bonds. The van der Waals surface area contributed by atoms with Gasteiger partial charge in [-0.05, 0) is 6.42 Å². The van der Waals surface area contributed by atoms with Gasteiger partial charge in [0.1, 0.15) is 0 Å². The minimum atomic E-state index is 0.189. The van der Waals surface area contributed by atoms with Crippen molar-refractivity contribution >= 4 is 11.3 Å². The van der Waals surface area contributed by atoms with Crippen LogP contribution in [-0.2, 0) is 6.54 Å². The molecule has 1 atom stereocenters. The minimum absolute atomic E-state index is 0.189. The van der Waals surface area contributed by atoms with Crippen molar-refractivity contribution in [3.05, 3.63) is 16.1 Å². The highest BCUT2D eigenvalue weighted by Gasteiger charge is 2.07. The second-order valence-electron chi connectivity index (χ2n) is 4.00. The van der Waals surface area contributed by atoms with Crippen molar-refractivity contribution in [1.29, 1.82) is 0 Å². The topological polar surface area (TPSA) is 45.1 Å². The molecule has 0 saturated heterocycles. The average Bonchev–Trinajstić information content (AvgIpc) is 2.68. The number of hydrogen-bond acceptors (Lipinski definition) is 4. The number of rotatable bonds is 6. The van der Waals surface area contributed by atoms with E-state index < -0.39 is 0 Å². The Balaban J connectivity index is 2.43. The van der Waals surface area contributed by atoms with E-state index in [1.807, 2.05) is 0 Å². The van der Waals surface area contributed by atoms with E-state index in [0.717, 1.165) is 18.7 Å². The quantitative estimate of drug-likeness (QED) is 0.784. The highest BCUT2D eigenvalue weighted by molar-refractivity contribution is 7.09. The van der Waals surface area contributed by atoms with Gasteiger partial charge >= 0.3 is 0 Å². The molecule has 4 heteroatoms. The summed E-state index contributed by atoms with van der Waals surface area (Å²) in [5.74, 6) is 0.503. The van der Waals surface area contributed by atoms with E-state index in [-0.39, 0.29) is 12.6 Å². The first-order valence-electron chi connectivity index (χ1n) is 5.45. The Morgan fingerprint density at radius 1 is 1.53 bits per heavy atom. The summed E-state index contributed by atoms with van der Waals surface area (Å²) in [6, 6.07) is 0.189. The smallest absolute Gasteiger partial charge is 0.0954 e. The minimum Gasteiger partial charge on any atom is -0.395 e. The zero-order valence-corrected chi connectivity index (χ0v) is 10.5. The van der Waals surface area contributed by atoms with Crippen molar-refractivity contribution in [2.45, 2.75) is 45.7 Å². The number of nitrogens with zero attached hydrogens (tertiary/aromatic N) is 1. The first-order chi connectivity index (χ1) is 7.17. The summed E-state index contributed by atoms with van der Waals surface area (Å²) in [7, 11) is 0. The maximum atomic E-state index is 9.02. The van der Waals surface area contributed by atoms with Gasteiger partial charge in [-0.15, -0.1) is 11.3 Å². The third kappa shape index (κ3) is 3.89. The SMILES string of the molecule is CC[C@H](CO)NCc1csc(C(C)C)n1. The lowest BCUT2D eigenvalue weighted by Crippen LogP contribution is -2.31. The summed E-state index contributed by atoms with van der Waals surface area (Å²) < 4.78 is 0. The van der Waals surface area contributed by atoms with Crippen molar-refractivity contribution in [2.24, 2.45) is 0 Å². The summed E-state index contributed by atoms with van der Waals surface area (Å²) in [6.45, 7) is 7.31. The van der Waals surface area contributed by atoms with Gasteiger partial charge in [-0.25, -0.2) is 4.98 Å². The number of hydrogen-bond donors (Lipinski definition) is 2. The second-order valence-corrected chi connectivity index (χ2v) is 4.89. The van der Waals surface area contributed by atoms with Crippen LogP contribution in [0.2, 0.25) is 0 Å². The Kier molecular flexibility index (Phi) is 5.22. The van der Waals surface area contributed by atoms with Crippen molar-refractivity contribution in [3.8, 4) is 0 Å². The predicted octanol–water partition coefficient (Wildman–Crippen LogP) is 2.13. The molecule has 0 aliphatic heterocycles. The van der Waals surface area contributed by atoms with E-state index in [0.29, 0.717) is 5.92 Å². The molecule has 0 aromatic carbocycles. The molecule has 0 aliphatic rings. The zero-order chi connectivity index (χ0) is 11.3. The molecule has 1 aromatic heterocycles. The van der Waals surface area contributed by atoms with Crippen molar-refractivity contribution in [3.63, 3.8) is 0 Å². The van der Waals surface area contributed by atoms with Gasteiger partial charge in [0.05, 0.1) is 17.3 Å². The van der Waals surface area contributed by atoms with Crippen LogP contribution in [0.1, 0.15) is 43.8 Å². The van der Waals surface area contributed by atoms with Crippen LogP contribution in [0.5, 0.6) is 0 Å². The molecule has 15 heavy (non-hydrogen) atoms. The van der Waals surface area contributed by atoms with Crippen LogP contribution in [0, 0.1) is 0 Å². The fourth-order valence-corrected chi connectivity index (χ4v) is 2.09. The van der Waals surface area contributed by atoms with Crippen molar-refractivity contribution in [2.75, 3.05) is 6.61 Å². The summed E-state index contributed by atoms with van der Waals surface area (Å²) in [5.41, 5.74) is 1.08. The van der Waals surface area contributed by atoms with Gasteiger partial charge in [-0.1, -0.05) is 20.8 Å². The largest absolute Gasteiger partial charge is 0.395 e. The molecular formula is C11H20N2OS. The average molecular weight is 228 g/mol. The normalized spacial score (nSPS) is 13.4. The fraction of sp³-hybridized carbons (Fsp3) is 0.727. The first-order valence-corrected chi connectivity index (χ1v) is 6.33. The maximum absolute atomic E-state index is 9.02. The molecule has 2 N–H and O–H groups in total. The number of thiazole rings is 1. The van der Waals surface area contributed by atoms with Gasteiger partial charge in [-0.2, -0.15) is 0 Å². The summed E-state index contributed by atoms with van der Waals surface area (Å²) in [5, 5.41) is 15.6. The highest BCUT2D eigenvalue weighted by atomic mass is 32.1. The molecule has 1 aromatic rings.